The summed E-state index contributed by atoms with van der Waals surface area (Å²) in [5, 5.41) is 2.11. The molecule has 0 fully saturated rings. The average Bonchev–Trinajstić information content (AvgIpc) is 2.51. The maximum atomic E-state index is 10.7. The summed E-state index contributed by atoms with van der Waals surface area (Å²) in [7, 11) is 0. The van der Waals surface area contributed by atoms with Gasteiger partial charge in [0.1, 0.15) is 5.78 Å². The molecule has 0 aliphatic heterocycles. The summed E-state index contributed by atoms with van der Waals surface area (Å²) < 4.78 is 1.23. The van der Waals surface area contributed by atoms with Gasteiger partial charge in [0, 0.05) is 15.8 Å². The van der Waals surface area contributed by atoms with E-state index in [2.05, 4.69) is 27.4 Å². The van der Waals surface area contributed by atoms with Crippen LogP contribution in [0.15, 0.2) is 15.9 Å². The zero-order valence-corrected chi connectivity index (χ0v) is 10.8. The van der Waals surface area contributed by atoms with Crippen LogP contribution in [0.2, 0.25) is 0 Å². The monoisotopic (exact) mass is 274 g/mol. The van der Waals surface area contributed by atoms with Gasteiger partial charge in [-0.3, -0.25) is 0 Å². The fourth-order valence-electron chi connectivity index (χ4n) is 1.34. The standard InChI is InChI=1S/C11H15BrOS/c1-9(13)5-3-2-4-6-11-10(12)7-8-14-11/h7-8H,2-6H2,1H3. The summed E-state index contributed by atoms with van der Waals surface area (Å²) in [5.41, 5.74) is 0. The molecule has 0 saturated heterocycles. The third-order valence-electron chi connectivity index (χ3n) is 2.12. The normalized spacial score (nSPS) is 10.4. The van der Waals surface area contributed by atoms with Crippen LogP contribution in [0, 0.1) is 0 Å². The largest absolute Gasteiger partial charge is 0.300 e. The van der Waals surface area contributed by atoms with Crippen LogP contribution >= 0.6 is 27.3 Å². The molecule has 14 heavy (non-hydrogen) atoms. The molecule has 78 valence electrons. The van der Waals surface area contributed by atoms with Crippen LogP contribution in [0.25, 0.3) is 0 Å². The predicted molar refractivity (Wildman–Crippen MR) is 64.9 cm³/mol. The first kappa shape index (κ1) is 11.9. The zero-order valence-electron chi connectivity index (χ0n) is 8.38. The Hall–Kier alpha value is -0.150. The molecule has 1 heterocycles. The van der Waals surface area contributed by atoms with Crippen LogP contribution in [-0.4, -0.2) is 5.78 Å². The first-order chi connectivity index (χ1) is 6.70. The molecule has 0 aliphatic carbocycles. The molecule has 0 N–H and O–H groups in total. The second kappa shape index (κ2) is 6.36. The van der Waals surface area contributed by atoms with E-state index in [0.29, 0.717) is 5.78 Å². The lowest BCUT2D eigenvalue weighted by atomic mass is 10.1. The number of hydrogen-bond donors (Lipinski definition) is 0. The van der Waals surface area contributed by atoms with Crippen LogP contribution in [0.3, 0.4) is 0 Å². The number of ketones is 1. The highest BCUT2D eigenvalue weighted by Crippen LogP contribution is 2.24. The zero-order chi connectivity index (χ0) is 10.4. The lowest BCUT2D eigenvalue weighted by molar-refractivity contribution is -0.117. The van der Waals surface area contributed by atoms with Crippen LogP contribution in [0.5, 0.6) is 0 Å². The van der Waals surface area contributed by atoms with E-state index in [-0.39, 0.29) is 0 Å². The van der Waals surface area contributed by atoms with E-state index in [1.807, 2.05) is 0 Å². The quantitative estimate of drug-likeness (QED) is 0.711. The maximum Gasteiger partial charge on any atom is 0.129 e. The molecule has 0 atom stereocenters. The average molecular weight is 275 g/mol. The van der Waals surface area contributed by atoms with E-state index in [9.17, 15) is 4.79 Å². The van der Waals surface area contributed by atoms with Crippen molar-refractivity contribution in [3.63, 3.8) is 0 Å². The molecule has 0 aliphatic rings. The molecule has 1 aromatic rings. The number of thiophene rings is 1. The Kier molecular flexibility index (Phi) is 5.41. The Morgan fingerprint density at radius 2 is 2.21 bits per heavy atom. The highest BCUT2D eigenvalue weighted by atomic mass is 79.9. The van der Waals surface area contributed by atoms with E-state index >= 15 is 0 Å². The van der Waals surface area contributed by atoms with Crippen LogP contribution in [-0.2, 0) is 11.2 Å². The molecule has 0 bridgehead atoms. The molecule has 0 aromatic carbocycles. The summed E-state index contributed by atoms with van der Waals surface area (Å²) in [6.07, 6.45) is 5.26. The van der Waals surface area contributed by atoms with E-state index in [4.69, 9.17) is 0 Å². The van der Waals surface area contributed by atoms with Gasteiger partial charge < -0.3 is 4.79 Å². The molecule has 3 heteroatoms. The van der Waals surface area contributed by atoms with Gasteiger partial charge in [0.05, 0.1) is 0 Å². The molecule has 0 saturated carbocycles. The van der Waals surface area contributed by atoms with Gasteiger partial charge in [0.2, 0.25) is 0 Å². The third-order valence-corrected chi connectivity index (χ3v) is 4.11. The van der Waals surface area contributed by atoms with Crippen LogP contribution in [0.1, 0.15) is 37.5 Å². The van der Waals surface area contributed by atoms with Crippen molar-refractivity contribution in [2.45, 2.75) is 39.0 Å². The molecular weight excluding hydrogens is 260 g/mol. The van der Waals surface area contributed by atoms with Crippen LogP contribution in [0.4, 0.5) is 0 Å². The Morgan fingerprint density at radius 1 is 1.43 bits per heavy atom. The summed E-state index contributed by atoms with van der Waals surface area (Å²) in [6, 6.07) is 2.09. The second-order valence-corrected chi connectivity index (χ2v) is 5.31. The Balaban J connectivity index is 2.10. The fourth-order valence-corrected chi connectivity index (χ4v) is 2.94. The van der Waals surface area contributed by atoms with Gasteiger partial charge in [-0.1, -0.05) is 6.42 Å². The van der Waals surface area contributed by atoms with E-state index in [1.54, 1.807) is 18.3 Å². The van der Waals surface area contributed by atoms with Crippen LogP contribution < -0.4 is 0 Å². The van der Waals surface area contributed by atoms with Crippen molar-refractivity contribution in [2.24, 2.45) is 0 Å². The third kappa shape index (κ3) is 4.38. The molecule has 1 nitrogen and oxygen atoms in total. The van der Waals surface area contributed by atoms with E-state index < -0.39 is 0 Å². The van der Waals surface area contributed by atoms with Gasteiger partial charge in [-0.2, -0.15) is 0 Å². The van der Waals surface area contributed by atoms with Crippen molar-refractivity contribution in [1.82, 2.24) is 0 Å². The van der Waals surface area contributed by atoms with E-state index in [0.717, 1.165) is 25.7 Å². The molecule has 0 spiro atoms. The van der Waals surface area contributed by atoms with Crippen molar-refractivity contribution in [3.8, 4) is 0 Å². The number of aryl methyl sites for hydroxylation is 1. The minimum atomic E-state index is 0.308. The summed E-state index contributed by atoms with van der Waals surface area (Å²) in [6.45, 7) is 1.66. The lowest BCUT2D eigenvalue weighted by Crippen LogP contribution is -1.90. The highest BCUT2D eigenvalue weighted by Gasteiger charge is 2.00. The molecule has 0 unspecified atom stereocenters. The number of halogens is 1. The van der Waals surface area contributed by atoms with E-state index in [1.165, 1.54) is 15.8 Å². The van der Waals surface area contributed by atoms with Gasteiger partial charge in [-0.25, -0.2) is 0 Å². The van der Waals surface area contributed by atoms with Crippen molar-refractivity contribution in [2.75, 3.05) is 0 Å². The number of carbonyl (C=O) groups excluding carboxylic acids is 1. The van der Waals surface area contributed by atoms with Gasteiger partial charge >= 0.3 is 0 Å². The topological polar surface area (TPSA) is 17.1 Å². The van der Waals surface area contributed by atoms with Gasteiger partial charge in [-0.05, 0) is 53.6 Å². The summed E-state index contributed by atoms with van der Waals surface area (Å²) >= 11 is 5.32. The maximum absolute atomic E-state index is 10.7. The highest BCUT2D eigenvalue weighted by molar-refractivity contribution is 9.10. The van der Waals surface area contributed by atoms with Crippen molar-refractivity contribution in [3.05, 3.63) is 20.8 Å². The van der Waals surface area contributed by atoms with Crippen molar-refractivity contribution < 1.29 is 4.79 Å². The molecule has 0 radical (unpaired) electrons. The fraction of sp³-hybridized carbons (Fsp3) is 0.545. The predicted octanol–water partition coefficient (Wildman–Crippen LogP) is 4.20. The number of rotatable bonds is 6. The minimum absolute atomic E-state index is 0.308. The number of carbonyl (C=O) groups is 1. The number of hydrogen-bond acceptors (Lipinski definition) is 2. The minimum Gasteiger partial charge on any atom is -0.300 e. The number of unbranched alkanes of at least 4 members (excludes halogenated alkanes) is 2. The lowest BCUT2D eigenvalue weighted by Gasteiger charge is -1.98. The second-order valence-electron chi connectivity index (χ2n) is 3.45. The Bertz CT molecular complexity index is 293. The Labute approximate surface area is 97.7 Å². The molecule has 1 rings (SSSR count). The van der Waals surface area contributed by atoms with Crippen molar-refractivity contribution in [1.29, 1.82) is 0 Å². The SMILES string of the molecule is CC(=O)CCCCCc1sccc1Br. The first-order valence-corrected chi connectivity index (χ1v) is 6.58. The van der Waals surface area contributed by atoms with Gasteiger partial charge in [0.25, 0.3) is 0 Å². The smallest absolute Gasteiger partial charge is 0.129 e. The molecule has 0 amide bonds. The summed E-state index contributed by atoms with van der Waals surface area (Å²) in [4.78, 5) is 12.1. The van der Waals surface area contributed by atoms with Gasteiger partial charge in [0.15, 0.2) is 0 Å². The summed E-state index contributed by atoms with van der Waals surface area (Å²) in [5.74, 6) is 0.308. The van der Waals surface area contributed by atoms with Gasteiger partial charge in [-0.15, -0.1) is 11.3 Å². The Morgan fingerprint density at radius 3 is 2.79 bits per heavy atom. The number of Topliss-reactive ketones (excluding diaryl/α,β-unsaturated/α-hetero) is 1. The van der Waals surface area contributed by atoms with Crippen molar-refractivity contribution >= 4 is 33.0 Å². The first-order valence-electron chi connectivity index (χ1n) is 4.91. The molecular formula is C11H15BrOS. The molecule has 1 aromatic heterocycles.